The molecule has 2 heterocycles. The van der Waals surface area contributed by atoms with Gasteiger partial charge in [-0.1, -0.05) is 12.1 Å². The second-order valence-corrected chi connectivity index (χ2v) is 7.31. The van der Waals surface area contributed by atoms with Crippen molar-refractivity contribution in [2.45, 2.75) is 20.0 Å². The van der Waals surface area contributed by atoms with Crippen molar-refractivity contribution in [1.29, 1.82) is 0 Å². The van der Waals surface area contributed by atoms with Gasteiger partial charge in [-0.3, -0.25) is 9.79 Å². The van der Waals surface area contributed by atoms with Crippen molar-refractivity contribution in [3.8, 4) is 0 Å². The van der Waals surface area contributed by atoms with Crippen molar-refractivity contribution in [3.05, 3.63) is 70.1 Å². The van der Waals surface area contributed by atoms with E-state index in [1.54, 1.807) is 30.5 Å². The summed E-state index contributed by atoms with van der Waals surface area (Å²) in [5, 5.41) is 9.27. The summed E-state index contributed by atoms with van der Waals surface area (Å²) in [5.74, 6) is 0.809. The zero-order chi connectivity index (χ0) is 19.9. The monoisotopic (exact) mass is 525 g/mol. The fourth-order valence-corrected chi connectivity index (χ4v) is 3.27. The minimum Gasteiger partial charge on any atom is -0.459 e. The Labute approximate surface area is 191 Å². The maximum atomic E-state index is 12.0. The Bertz CT molecular complexity index is 938. The van der Waals surface area contributed by atoms with E-state index in [-0.39, 0.29) is 35.6 Å². The summed E-state index contributed by atoms with van der Waals surface area (Å²) in [6.07, 6.45) is 1.48. The average Bonchev–Trinajstić information content (AvgIpc) is 3.35. The van der Waals surface area contributed by atoms with Crippen LogP contribution in [-0.2, 0) is 13.1 Å². The molecule has 7 nitrogen and oxygen atoms in total. The van der Waals surface area contributed by atoms with Crippen LogP contribution in [0, 0.1) is 6.92 Å². The molecule has 2 aromatic heterocycles. The Morgan fingerprint density at radius 3 is 2.62 bits per heavy atom. The van der Waals surface area contributed by atoms with E-state index < -0.39 is 0 Å². The molecule has 29 heavy (non-hydrogen) atoms. The molecule has 3 rings (SSSR count). The number of hydrogen-bond acceptors (Lipinski definition) is 5. The number of halogens is 1. The highest BCUT2D eigenvalue weighted by Crippen LogP contribution is 2.13. The smallest absolute Gasteiger partial charge is 0.291 e. The zero-order valence-electron chi connectivity index (χ0n) is 16.5. The van der Waals surface area contributed by atoms with Crippen LogP contribution in [0.4, 0.5) is 5.69 Å². The molecule has 0 saturated heterocycles. The van der Waals surface area contributed by atoms with E-state index in [0.717, 1.165) is 22.2 Å². The lowest BCUT2D eigenvalue weighted by Crippen LogP contribution is -2.38. The summed E-state index contributed by atoms with van der Waals surface area (Å²) in [6, 6.07) is 11.0. The number of amides is 1. The fraction of sp³-hybridized carbons (Fsp3) is 0.250. The Morgan fingerprint density at radius 2 is 2.03 bits per heavy atom. The number of furan rings is 1. The number of aromatic nitrogens is 1. The summed E-state index contributed by atoms with van der Waals surface area (Å²) in [6.45, 7) is 3.32. The van der Waals surface area contributed by atoms with Gasteiger partial charge in [0, 0.05) is 31.7 Å². The molecule has 3 aromatic rings. The van der Waals surface area contributed by atoms with E-state index >= 15 is 0 Å². The Morgan fingerprint density at radius 1 is 1.28 bits per heavy atom. The third-order valence-corrected chi connectivity index (χ3v) is 4.87. The van der Waals surface area contributed by atoms with E-state index in [1.165, 1.54) is 6.26 Å². The van der Waals surface area contributed by atoms with E-state index in [2.05, 4.69) is 26.0 Å². The van der Waals surface area contributed by atoms with E-state index in [4.69, 9.17) is 4.42 Å². The predicted molar refractivity (Wildman–Crippen MR) is 127 cm³/mol. The summed E-state index contributed by atoms with van der Waals surface area (Å²) in [4.78, 5) is 22.9. The molecule has 0 aliphatic carbocycles. The second-order valence-electron chi connectivity index (χ2n) is 6.24. The molecule has 2 N–H and O–H groups in total. The van der Waals surface area contributed by atoms with Crippen molar-refractivity contribution in [2.24, 2.45) is 4.99 Å². The quantitative estimate of drug-likeness (QED) is 0.288. The fourth-order valence-electron chi connectivity index (χ4n) is 2.67. The van der Waals surface area contributed by atoms with Crippen LogP contribution >= 0.6 is 35.3 Å². The molecule has 0 radical (unpaired) electrons. The van der Waals surface area contributed by atoms with Crippen LogP contribution in [0.5, 0.6) is 0 Å². The van der Waals surface area contributed by atoms with Crippen LogP contribution in [0.15, 0.2) is 57.5 Å². The number of carbonyl (C=O) groups excluding carboxylic acids is 1. The van der Waals surface area contributed by atoms with E-state index in [0.29, 0.717) is 18.8 Å². The van der Waals surface area contributed by atoms with Gasteiger partial charge in [-0.2, -0.15) is 0 Å². The molecular weight excluding hydrogens is 501 g/mol. The molecule has 0 aliphatic heterocycles. The highest BCUT2D eigenvalue weighted by molar-refractivity contribution is 14.0. The van der Waals surface area contributed by atoms with Crippen LogP contribution in [-0.4, -0.2) is 35.8 Å². The lowest BCUT2D eigenvalue weighted by Gasteiger charge is -2.21. The van der Waals surface area contributed by atoms with Crippen molar-refractivity contribution in [1.82, 2.24) is 15.2 Å². The normalized spacial score (nSPS) is 10.9. The number of aliphatic imine (C=N–C) groups is 1. The average molecular weight is 525 g/mol. The standard InChI is InChI=1S/C20H23N5O2S.HI/c1-14-23-17(13-28-14)12-25(3)20(21-2)22-11-15-6-8-16(9-7-15)24-19(26)18-5-4-10-27-18;/h4-10,13H,11-12H2,1-3H3,(H,21,22)(H,24,26);1H. The van der Waals surface area contributed by atoms with Gasteiger partial charge in [0.15, 0.2) is 11.7 Å². The minimum absolute atomic E-state index is 0. The summed E-state index contributed by atoms with van der Waals surface area (Å²) in [5.41, 5.74) is 2.82. The van der Waals surface area contributed by atoms with Gasteiger partial charge in [0.2, 0.25) is 0 Å². The van der Waals surface area contributed by atoms with Gasteiger partial charge in [0.25, 0.3) is 5.91 Å². The largest absolute Gasteiger partial charge is 0.459 e. The van der Waals surface area contributed by atoms with Crippen LogP contribution in [0.25, 0.3) is 0 Å². The minimum atomic E-state index is -0.268. The number of carbonyl (C=O) groups is 1. The number of benzene rings is 1. The Balaban J connectivity index is 0.00000300. The maximum Gasteiger partial charge on any atom is 0.291 e. The van der Waals surface area contributed by atoms with Crippen molar-refractivity contribution in [2.75, 3.05) is 19.4 Å². The first-order valence-corrected chi connectivity index (χ1v) is 9.69. The predicted octanol–water partition coefficient (Wildman–Crippen LogP) is 4.12. The molecule has 0 unspecified atom stereocenters. The topological polar surface area (TPSA) is 82.8 Å². The highest BCUT2D eigenvalue weighted by atomic mass is 127. The zero-order valence-corrected chi connectivity index (χ0v) is 19.7. The first kappa shape index (κ1) is 22.9. The van der Waals surface area contributed by atoms with Crippen LogP contribution in [0.1, 0.15) is 26.8 Å². The molecule has 0 aliphatic rings. The molecule has 0 fully saturated rings. The number of aryl methyl sites for hydroxylation is 1. The maximum absolute atomic E-state index is 12.0. The van der Waals surface area contributed by atoms with E-state index in [1.807, 2.05) is 43.1 Å². The first-order chi connectivity index (χ1) is 13.5. The molecule has 0 saturated carbocycles. The molecular formula is C20H24IN5O2S. The lowest BCUT2D eigenvalue weighted by molar-refractivity contribution is 0.0996. The number of nitrogens with zero attached hydrogens (tertiary/aromatic N) is 3. The molecule has 0 spiro atoms. The molecule has 1 amide bonds. The van der Waals surface area contributed by atoms with Gasteiger partial charge in [0.1, 0.15) is 0 Å². The lowest BCUT2D eigenvalue weighted by atomic mass is 10.2. The van der Waals surface area contributed by atoms with Crippen molar-refractivity contribution in [3.63, 3.8) is 0 Å². The Kier molecular flexibility index (Phi) is 8.65. The molecule has 0 atom stereocenters. The number of guanidine groups is 1. The number of hydrogen-bond donors (Lipinski definition) is 2. The Hall–Kier alpha value is -2.40. The first-order valence-electron chi connectivity index (χ1n) is 8.81. The summed E-state index contributed by atoms with van der Waals surface area (Å²) in [7, 11) is 3.75. The summed E-state index contributed by atoms with van der Waals surface area (Å²) >= 11 is 1.65. The third-order valence-electron chi connectivity index (χ3n) is 4.05. The van der Waals surface area contributed by atoms with Crippen LogP contribution in [0.3, 0.4) is 0 Å². The van der Waals surface area contributed by atoms with Crippen molar-refractivity contribution < 1.29 is 9.21 Å². The van der Waals surface area contributed by atoms with Gasteiger partial charge in [-0.05, 0) is 36.8 Å². The number of thiazole rings is 1. The summed E-state index contributed by atoms with van der Waals surface area (Å²) < 4.78 is 5.09. The van der Waals surface area contributed by atoms with Gasteiger partial charge < -0.3 is 20.0 Å². The number of nitrogens with one attached hydrogen (secondary N) is 2. The molecule has 9 heteroatoms. The number of rotatable bonds is 6. The van der Waals surface area contributed by atoms with Crippen LogP contribution < -0.4 is 10.6 Å². The highest BCUT2D eigenvalue weighted by Gasteiger charge is 2.10. The molecule has 0 bridgehead atoms. The van der Waals surface area contributed by atoms with Gasteiger partial charge >= 0.3 is 0 Å². The van der Waals surface area contributed by atoms with Crippen molar-refractivity contribution >= 4 is 52.9 Å². The molecule has 1 aromatic carbocycles. The SMILES string of the molecule is CN=C(NCc1ccc(NC(=O)c2ccco2)cc1)N(C)Cc1csc(C)n1.I. The van der Waals surface area contributed by atoms with Gasteiger partial charge in [-0.25, -0.2) is 4.98 Å². The second kappa shape index (κ2) is 11.0. The molecule has 154 valence electrons. The van der Waals surface area contributed by atoms with Crippen LogP contribution in [0.2, 0.25) is 0 Å². The van der Waals surface area contributed by atoms with E-state index in [9.17, 15) is 4.79 Å². The third kappa shape index (κ3) is 6.57. The number of anilines is 1. The van der Waals surface area contributed by atoms with Gasteiger partial charge in [-0.15, -0.1) is 35.3 Å². The van der Waals surface area contributed by atoms with Gasteiger partial charge in [0.05, 0.1) is 23.5 Å².